The van der Waals surface area contributed by atoms with Crippen molar-refractivity contribution < 1.29 is 47.8 Å². The van der Waals surface area contributed by atoms with Crippen molar-refractivity contribution in [2.24, 2.45) is 5.16 Å². The number of oxime groups is 1. The summed E-state index contributed by atoms with van der Waals surface area (Å²) in [6.07, 6.45) is -1.84. The normalized spacial score (nSPS) is 19.6. The summed E-state index contributed by atoms with van der Waals surface area (Å²) in [4.78, 5) is 75.2. The van der Waals surface area contributed by atoms with Crippen LogP contribution in [0.1, 0.15) is 66.6 Å². The number of rotatable bonds is 13. The van der Waals surface area contributed by atoms with Gasteiger partial charge in [0.05, 0.1) is 25.8 Å². The summed E-state index contributed by atoms with van der Waals surface area (Å²) in [6.45, 7) is 13.9. The topological polar surface area (TPSA) is 196 Å². The van der Waals surface area contributed by atoms with E-state index in [1.54, 1.807) is 41.5 Å². The number of nitrogens with one attached hydrogen (secondary N) is 3. The maximum atomic E-state index is 13.7. The molecule has 2 aromatic rings. The van der Waals surface area contributed by atoms with E-state index in [1.165, 1.54) is 24.1 Å². The van der Waals surface area contributed by atoms with Gasteiger partial charge >= 0.3 is 18.2 Å². The Morgan fingerprint density at radius 2 is 1.72 bits per heavy atom. The predicted octanol–water partition coefficient (Wildman–Crippen LogP) is 3.35. The standard InChI is InChI=1S/C33H44N6O10S/c1-31(2,3)47-27(42)33(7,8)49-38-24(22-18-50-28(35-22)37-29(43)48-32(4,5)6)26(41)36-23-21(34-25(23)40)15-39-14-20(46-30(39)44)17-45-16-19-12-10-9-11-13-19/h9-13,18,20-21,23H,14-17H2,1-8H3,(H,34,40)(H,36,41)(H,35,37,43)/b38-24-/t20?,21-,23+/m1/s1. The minimum Gasteiger partial charge on any atom is -0.457 e. The summed E-state index contributed by atoms with van der Waals surface area (Å²) < 4.78 is 21.8. The maximum absolute atomic E-state index is 13.7. The van der Waals surface area contributed by atoms with Gasteiger partial charge in [-0.25, -0.2) is 19.4 Å². The van der Waals surface area contributed by atoms with Crippen LogP contribution in [-0.4, -0.2) is 100 Å². The van der Waals surface area contributed by atoms with E-state index in [-0.39, 0.29) is 36.2 Å². The first-order chi connectivity index (χ1) is 23.3. The molecule has 272 valence electrons. The van der Waals surface area contributed by atoms with E-state index < -0.39 is 65.0 Å². The number of hydrogen-bond acceptors (Lipinski definition) is 13. The number of ether oxygens (including phenoxy) is 4. The number of cyclic esters (lactones) is 1. The zero-order chi connectivity index (χ0) is 36.9. The van der Waals surface area contributed by atoms with Crippen LogP contribution in [-0.2, 0) is 44.8 Å². The smallest absolute Gasteiger partial charge is 0.413 e. The lowest BCUT2D eigenvalue weighted by atomic mass is 9.98. The Labute approximate surface area is 294 Å². The minimum absolute atomic E-state index is 0.0173. The highest BCUT2D eigenvalue weighted by Crippen LogP contribution is 2.22. The molecule has 2 saturated heterocycles. The van der Waals surface area contributed by atoms with Crippen molar-refractivity contribution >= 4 is 52.2 Å². The van der Waals surface area contributed by atoms with E-state index >= 15 is 0 Å². The fraction of sp³-hybridized carbons (Fsp3) is 0.545. The van der Waals surface area contributed by atoms with Crippen LogP contribution in [0.15, 0.2) is 40.9 Å². The number of carbonyl (C=O) groups excluding carboxylic acids is 5. The summed E-state index contributed by atoms with van der Waals surface area (Å²) in [5.74, 6) is -2.09. The molecule has 4 rings (SSSR count). The average Bonchev–Trinajstić information content (AvgIpc) is 3.60. The van der Waals surface area contributed by atoms with Crippen LogP contribution in [0.2, 0.25) is 0 Å². The van der Waals surface area contributed by atoms with E-state index in [1.807, 2.05) is 30.3 Å². The van der Waals surface area contributed by atoms with Gasteiger partial charge in [-0.2, -0.15) is 0 Å². The molecule has 17 heteroatoms. The summed E-state index contributed by atoms with van der Waals surface area (Å²) in [5.41, 5.74) is -2.62. The molecule has 2 aliphatic heterocycles. The molecule has 50 heavy (non-hydrogen) atoms. The lowest BCUT2D eigenvalue weighted by molar-refractivity contribution is -0.179. The second-order valence-corrected chi connectivity index (χ2v) is 15.0. The zero-order valence-electron chi connectivity index (χ0n) is 29.4. The van der Waals surface area contributed by atoms with E-state index in [0.29, 0.717) is 6.61 Å². The van der Waals surface area contributed by atoms with Gasteiger partial charge in [0.1, 0.15) is 29.0 Å². The van der Waals surface area contributed by atoms with Gasteiger partial charge in [-0.05, 0) is 61.0 Å². The fourth-order valence-electron chi connectivity index (χ4n) is 4.53. The largest absolute Gasteiger partial charge is 0.457 e. The Hall–Kier alpha value is -4.77. The molecule has 1 unspecified atom stereocenters. The quantitative estimate of drug-likeness (QED) is 0.0904. The number of anilines is 1. The summed E-state index contributed by atoms with van der Waals surface area (Å²) >= 11 is 0.984. The number of esters is 1. The molecule has 2 aliphatic rings. The van der Waals surface area contributed by atoms with Crippen LogP contribution in [0.5, 0.6) is 0 Å². The summed E-state index contributed by atoms with van der Waals surface area (Å²) in [6, 6.07) is 7.88. The number of carbonyl (C=O) groups is 5. The van der Waals surface area contributed by atoms with Crippen LogP contribution < -0.4 is 16.0 Å². The minimum atomic E-state index is -1.62. The van der Waals surface area contributed by atoms with Crippen LogP contribution >= 0.6 is 11.3 Å². The van der Waals surface area contributed by atoms with E-state index in [0.717, 1.165) is 16.9 Å². The van der Waals surface area contributed by atoms with Gasteiger partial charge in [-0.1, -0.05) is 35.5 Å². The number of hydrogen-bond donors (Lipinski definition) is 3. The molecule has 0 bridgehead atoms. The molecule has 0 spiro atoms. The number of nitrogens with zero attached hydrogens (tertiary/aromatic N) is 3. The molecular weight excluding hydrogens is 672 g/mol. The Morgan fingerprint density at radius 1 is 1.04 bits per heavy atom. The van der Waals surface area contributed by atoms with Gasteiger partial charge in [-0.15, -0.1) is 11.3 Å². The van der Waals surface area contributed by atoms with Crippen molar-refractivity contribution in [3.8, 4) is 0 Å². The lowest BCUT2D eigenvalue weighted by Crippen LogP contribution is -2.72. The first-order valence-electron chi connectivity index (χ1n) is 15.9. The molecule has 1 aromatic carbocycles. The fourth-order valence-corrected chi connectivity index (χ4v) is 5.21. The van der Waals surface area contributed by atoms with Gasteiger partial charge < -0.3 is 39.3 Å². The molecule has 1 aromatic heterocycles. The van der Waals surface area contributed by atoms with Crippen molar-refractivity contribution in [3.05, 3.63) is 47.0 Å². The van der Waals surface area contributed by atoms with Gasteiger partial charge in [0.25, 0.3) is 5.91 Å². The van der Waals surface area contributed by atoms with Crippen molar-refractivity contribution in [3.63, 3.8) is 0 Å². The Bertz CT molecular complexity index is 1600. The average molecular weight is 717 g/mol. The molecule has 3 heterocycles. The van der Waals surface area contributed by atoms with Crippen molar-refractivity contribution in [1.29, 1.82) is 0 Å². The predicted molar refractivity (Wildman–Crippen MR) is 181 cm³/mol. The second-order valence-electron chi connectivity index (χ2n) is 14.2. The second kappa shape index (κ2) is 15.4. The third-order valence-corrected chi connectivity index (χ3v) is 7.66. The molecule has 3 atom stereocenters. The Kier molecular flexibility index (Phi) is 11.7. The van der Waals surface area contributed by atoms with E-state index in [9.17, 15) is 24.0 Å². The monoisotopic (exact) mass is 716 g/mol. The SMILES string of the molecule is CC(C)(C)OC(=O)Nc1nc(/C(=N/OC(C)(C)C(=O)OC(C)(C)C)C(=O)N[C@@H]2C(=O)N[C@@H]2CN2CC(COCc3ccccc3)OC2=O)cs1. The van der Waals surface area contributed by atoms with Crippen LogP contribution in [0.4, 0.5) is 14.7 Å². The molecule has 2 fully saturated rings. The molecule has 0 aliphatic carbocycles. The third kappa shape index (κ3) is 10.9. The molecule has 16 nitrogen and oxygen atoms in total. The number of β-lactam (4-membered cyclic amide) rings is 1. The molecular formula is C33H44N6O10S. The lowest BCUT2D eigenvalue weighted by Gasteiger charge is -2.38. The highest BCUT2D eigenvalue weighted by molar-refractivity contribution is 7.14. The number of amides is 4. The molecule has 4 amide bonds. The van der Waals surface area contributed by atoms with Crippen LogP contribution in [0.25, 0.3) is 0 Å². The number of aromatic nitrogens is 1. The van der Waals surface area contributed by atoms with E-state index in [2.05, 4.69) is 26.1 Å². The van der Waals surface area contributed by atoms with E-state index in [4.69, 9.17) is 23.8 Å². The van der Waals surface area contributed by atoms with Gasteiger partial charge in [0.15, 0.2) is 10.8 Å². The third-order valence-electron chi connectivity index (χ3n) is 6.91. The highest BCUT2D eigenvalue weighted by Gasteiger charge is 2.45. The van der Waals surface area contributed by atoms with Gasteiger partial charge in [-0.3, -0.25) is 14.9 Å². The molecule has 0 radical (unpaired) electrons. The summed E-state index contributed by atoms with van der Waals surface area (Å²) in [7, 11) is 0. The van der Waals surface area contributed by atoms with Crippen molar-refractivity contribution in [2.45, 2.75) is 97.0 Å². The van der Waals surface area contributed by atoms with Gasteiger partial charge in [0, 0.05) is 11.9 Å². The first kappa shape index (κ1) is 38.0. The molecule has 3 N–H and O–H groups in total. The van der Waals surface area contributed by atoms with Gasteiger partial charge in [0.2, 0.25) is 11.5 Å². The highest BCUT2D eigenvalue weighted by atomic mass is 32.1. The van der Waals surface area contributed by atoms with Crippen LogP contribution in [0, 0.1) is 0 Å². The van der Waals surface area contributed by atoms with Crippen molar-refractivity contribution in [1.82, 2.24) is 20.5 Å². The number of thiazole rings is 1. The number of benzene rings is 1. The summed E-state index contributed by atoms with van der Waals surface area (Å²) in [5, 5.41) is 13.3. The molecule has 0 saturated carbocycles. The Balaban J connectivity index is 1.44. The zero-order valence-corrected chi connectivity index (χ0v) is 30.2. The Morgan fingerprint density at radius 3 is 2.36 bits per heavy atom. The maximum Gasteiger partial charge on any atom is 0.413 e. The first-order valence-corrected chi connectivity index (χ1v) is 16.8. The van der Waals surface area contributed by atoms with Crippen LogP contribution in [0.3, 0.4) is 0 Å². The van der Waals surface area contributed by atoms with Crippen molar-refractivity contribution in [2.75, 3.05) is 25.0 Å².